The van der Waals surface area contributed by atoms with Crippen molar-refractivity contribution in [3.63, 3.8) is 0 Å². The summed E-state index contributed by atoms with van der Waals surface area (Å²) in [5.41, 5.74) is 6.74. The average Bonchev–Trinajstić information content (AvgIpc) is 3.03. The number of aryl methyl sites for hydroxylation is 1. The van der Waals surface area contributed by atoms with Crippen LogP contribution in [0.3, 0.4) is 0 Å². The monoisotopic (exact) mass is 387 g/mol. The second kappa shape index (κ2) is 7.82. The fourth-order valence-corrected chi connectivity index (χ4v) is 5.10. The second-order valence-corrected chi connectivity index (χ2v) is 9.66. The van der Waals surface area contributed by atoms with E-state index in [1.165, 1.54) is 66.1 Å². The second-order valence-electron chi connectivity index (χ2n) is 9.66. The summed E-state index contributed by atoms with van der Waals surface area (Å²) in [5.74, 6) is 1.43. The predicted octanol–water partition coefficient (Wildman–Crippen LogP) is 6.85. The summed E-state index contributed by atoms with van der Waals surface area (Å²) in [6.07, 6.45) is 6.61. The van der Waals surface area contributed by atoms with Gasteiger partial charge in [-0.05, 0) is 65.0 Å². The molecule has 1 aromatic heterocycles. The Hall–Kier alpha value is -2.35. The van der Waals surface area contributed by atoms with Gasteiger partial charge in [0, 0.05) is 12.5 Å². The average molecular weight is 388 g/mol. The zero-order valence-corrected chi connectivity index (χ0v) is 18.7. The minimum absolute atomic E-state index is 0.0392. The normalized spacial score (nSPS) is 15.6. The third-order valence-corrected chi connectivity index (χ3v) is 6.37. The van der Waals surface area contributed by atoms with E-state index in [9.17, 15) is 0 Å². The van der Waals surface area contributed by atoms with Crippen LogP contribution in [0.25, 0.3) is 16.9 Å². The van der Waals surface area contributed by atoms with E-state index in [1.807, 2.05) is 0 Å². The molecule has 0 amide bonds. The van der Waals surface area contributed by atoms with Crippen LogP contribution >= 0.6 is 0 Å². The first-order valence-corrected chi connectivity index (χ1v) is 11.2. The number of nitrogens with zero attached hydrogens (tertiary/aromatic N) is 2. The number of rotatable bonds is 3. The van der Waals surface area contributed by atoms with E-state index >= 15 is 0 Å². The van der Waals surface area contributed by atoms with Gasteiger partial charge in [0.25, 0.3) is 5.82 Å². The van der Waals surface area contributed by atoms with Crippen molar-refractivity contribution in [1.29, 1.82) is 0 Å². The van der Waals surface area contributed by atoms with Gasteiger partial charge < -0.3 is 0 Å². The van der Waals surface area contributed by atoms with E-state index in [0.29, 0.717) is 6.04 Å². The molecule has 0 unspecified atom stereocenters. The summed E-state index contributed by atoms with van der Waals surface area (Å²) in [4.78, 5) is 0. The van der Waals surface area contributed by atoms with Gasteiger partial charge in [0.15, 0.2) is 11.4 Å². The molecule has 2 aromatic carbocycles. The smallest absolute Gasteiger partial charge is 0.223 e. The lowest BCUT2D eigenvalue weighted by atomic mass is 9.91. The Labute approximate surface area is 176 Å². The summed E-state index contributed by atoms with van der Waals surface area (Å²) in [7, 11) is 0. The van der Waals surface area contributed by atoms with Crippen LogP contribution in [0.2, 0.25) is 0 Å². The molecule has 0 bridgehead atoms. The molecule has 0 N–H and O–H groups in total. The fourth-order valence-electron chi connectivity index (χ4n) is 5.10. The van der Waals surface area contributed by atoms with E-state index in [1.54, 1.807) is 0 Å². The highest BCUT2D eigenvalue weighted by Crippen LogP contribution is 2.36. The highest BCUT2D eigenvalue weighted by atomic mass is 15.2. The van der Waals surface area contributed by atoms with Crippen LogP contribution in [-0.4, -0.2) is 4.57 Å². The molecule has 2 heteroatoms. The maximum absolute atomic E-state index is 2.72. The van der Waals surface area contributed by atoms with Crippen molar-refractivity contribution in [2.24, 2.45) is 0 Å². The molecule has 1 heterocycles. The summed E-state index contributed by atoms with van der Waals surface area (Å²) in [6.45, 7) is 11.6. The van der Waals surface area contributed by atoms with Gasteiger partial charge in [0.1, 0.15) is 11.7 Å². The van der Waals surface area contributed by atoms with Crippen molar-refractivity contribution in [2.75, 3.05) is 0 Å². The number of benzene rings is 2. The number of imidazole rings is 1. The first-order valence-electron chi connectivity index (χ1n) is 11.2. The first-order chi connectivity index (χ1) is 13.9. The van der Waals surface area contributed by atoms with Gasteiger partial charge in [-0.15, -0.1) is 0 Å². The lowest BCUT2D eigenvalue weighted by molar-refractivity contribution is -0.725. The highest BCUT2D eigenvalue weighted by Gasteiger charge is 2.41. The Morgan fingerprint density at radius 2 is 1.45 bits per heavy atom. The zero-order chi connectivity index (χ0) is 20.6. The van der Waals surface area contributed by atoms with Gasteiger partial charge in [0.05, 0.1) is 5.41 Å². The van der Waals surface area contributed by atoms with Crippen LogP contribution in [0.15, 0.2) is 54.6 Å². The number of hydrogen-bond donors (Lipinski definition) is 0. The summed E-state index contributed by atoms with van der Waals surface area (Å²) in [6, 6.07) is 20.4. The molecule has 152 valence electrons. The summed E-state index contributed by atoms with van der Waals surface area (Å²) in [5, 5.41) is 0. The molecule has 0 saturated heterocycles. The highest BCUT2D eigenvalue weighted by molar-refractivity contribution is 5.61. The SMILES string of the molecule is Cc1ccccc1-n1c(C)c(-c2ccccc2)[n+](C2CCCCC2)c1C(C)(C)C. The van der Waals surface area contributed by atoms with Gasteiger partial charge in [-0.2, -0.15) is 4.57 Å². The van der Waals surface area contributed by atoms with Crippen molar-refractivity contribution < 1.29 is 4.57 Å². The van der Waals surface area contributed by atoms with E-state index in [-0.39, 0.29) is 5.41 Å². The Kier molecular flexibility index (Phi) is 5.38. The maximum Gasteiger partial charge on any atom is 0.268 e. The topological polar surface area (TPSA) is 8.81 Å². The molecule has 0 radical (unpaired) electrons. The number of hydrogen-bond acceptors (Lipinski definition) is 0. The van der Waals surface area contributed by atoms with Gasteiger partial charge in [-0.3, -0.25) is 0 Å². The molecule has 29 heavy (non-hydrogen) atoms. The molecule has 1 saturated carbocycles. The molecular weight excluding hydrogens is 352 g/mol. The van der Waals surface area contributed by atoms with Crippen LogP contribution in [-0.2, 0) is 5.41 Å². The van der Waals surface area contributed by atoms with Crippen molar-refractivity contribution in [2.45, 2.75) is 78.2 Å². The van der Waals surface area contributed by atoms with Crippen LogP contribution in [0, 0.1) is 13.8 Å². The van der Waals surface area contributed by atoms with Crippen LogP contribution < -0.4 is 4.57 Å². The van der Waals surface area contributed by atoms with Gasteiger partial charge in [-0.1, -0.05) is 55.0 Å². The third kappa shape index (κ3) is 3.66. The van der Waals surface area contributed by atoms with E-state index < -0.39 is 0 Å². The van der Waals surface area contributed by atoms with E-state index in [2.05, 4.69) is 98.4 Å². The molecule has 0 spiro atoms. The van der Waals surface area contributed by atoms with Gasteiger partial charge >= 0.3 is 0 Å². The fraction of sp³-hybridized carbons (Fsp3) is 0.444. The molecular formula is C27H35N2+. The van der Waals surface area contributed by atoms with Crippen molar-refractivity contribution in [3.8, 4) is 16.9 Å². The molecule has 0 atom stereocenters. The minimum atomic E-state index is 0.0392. The molecule has 3 aromatic rings. The maximum atomic E-state index is 2.72. The van der Waals surface area contributed by atoms with Crippen LogP contribution in [0.4, 0.5) is 0 Å². The Balaban J connectivity index is 2.09. The Bertz CT molecular complexity index is 983. The van der Waals surface area contributed by atoms with E-state index in [4.69, 9.17) is 0 Å². The van der Waals surface area contributed by atoms with Crippen molar-refractivity contribution in [1.82, 2.24) is 4.57 Å². The molecule has 1 fully saturated rings. The standard InChI is InChI=1S/C27H35N2/c1-20-14-12-13-19-24(20)28-21(2)25(22-15-8-6-9-16-22)29(26(28)27(3,4)5)23-17-10-7-11-18-23/h6,8-9,12-16,19,23H,7,10-11,17-18H2,1-5H3/q+1. The number of para-hydroxylation sites is 1. The number of aromatic nitrogens is 2. The molecule has 4 rings (SSSR count). The quantitative estimate of drug-likeness (QED) is 0.434. The summed E-state index contributed by atoms with van der Waals surface area (Å²) < 4.78 is 5.27. The zero-order valence-electron chi connectivity index (χ0n) is 18.7. The Morgan fingerprint density at radius 1 is 0.828 bits per heavy atom. The van der Waals surface area contributed by atoms with Crippen molar-refractivity contribution in [3.05, 3.63) is 71.7 Å². The largest absolute Gasteiger partial charge is 0.268 e. The van der Waals surface area contributed by atoms with E-state index in [0.717, 1.165) is 0 Å². The summed E-state index contributed by atoms with van der Waals surface area (Å²) >= 11 is 0. The van der Waals surface area contributed by atoms with Crippen LogP contribution in [0.5, 0.6) is 0 Å². The Morgan fingerprint density at radius 3 is 2.07 bits per heavy atom. The lowest BCUT2D eigenvalue weighted by Gasteiger charge is -2.25. The molecule has 1 aliphatic carbocycles. The molecule has 1 aliphatic rings. The molecule has 2 nitrogen and oxygen atoms in total. The van der Waals surface area contributed by atoms with Gasteiger partial charge in [-0.25, -0.2) is 4.57 Å². The first kappa shape index (κ1) is 19.9. The van der Waals surface area contributed by atoms with Crippen LogP contribution in [0.1, 0.15) is 76.0 Å². The third-order valence-electron chi connectivity index (χ3n) is 6.37. The van der Waals surface area contributed by atoms with Crippen molar-refractivity contribution >= 4 is 0 Å². The van der Waals surface area contributed by atoms with Gasteiger partial charge in [0.2, 0.25) is 0 Å². The predicted molar refractivity (Wildman–Crippen MR) is 122 cm³/mol. The lowest BCUT2D eigenvalue weighted by Crippen LogP contribution is -2.48. The molecule has 0 aliphatic heterocycles. The minimum Gasteiger partial charge on any atom is -0.223 e.